The Morgan fingerprint density at radius 3 is 2.76 bits per heavy atom. The average molecular weight is 228 g/mol. The number of nitrogens with one attached hydrogen (secondary N) is 1. The van der Waals surface area contributed by atoms with Gasteiger partial charge in [0.15, 0.2) is 0 Å². The van der Waals surface area contributed by atoms with E-state index in [4.69, 9.17) is 0 Å². The number of rotatable bonds is 4. The van der Waals surface area contributed by atoms with Crippen LogP contribution in [0, 0.1) is 6.92 Å². The average Bonchev–Trinajstić information content (AvgIpc) is 3.06. The maximum atomic E-state index is 4.45. The van der Waals surface area contributed by atoms with Gasteiger partial charge >= 0.3 is 0 Å². The molecule has 4 nitrogen and oxygen atoms in total. The molecular weight excluding hydrogens is 212 g/mol. The molecule has 1 saturated carbocycles. The molecule has 0 bridgehead atoms. The van der Waals surface area contributed by atoms with Gasteiger partial charge in [0.2, 0.25) is 0 Å². The highest BCUT2D eigenvalue weighted by molar-refractivity contribution is 5.32. The van der Waals surface area contributed by atoms with Crippen LogP contribution in [0.15, 0.2) is 30.5 Å². The molecule has 88 valence electrons. The van der Waals surface area contributed by atoms with Crippen molar-refractivity contribution in [3.63, 3.8) is 0 Å². The molecule has 1 aliphatic carbocycles. The largest absolute Gasteiger partial charge is 0.308 e. The zero-order chi connectivity index (χ0) is 11.7. The lowest BCUT2D eigenvalue weighted by molar-refractivity contribution is 0.658. The Bertz CT molecular complexity index is 496. The molecule has 1 aliphatic rings. The molecule has 1 N–H and O–H groups in total. The number of benzene rings is 1. The molecule has 0 unspecified atom stereocenters. The Kier molecular flexibility index (Phi) is 2.65. The van der Waals surface area contributed by atoms with Gasteiger partial charge in [0.1, 0.15) is 0 Å². The molecule has 17 heavy (non-hydrogen) atoms. The summed E-state index contributed by atoms with van der Waals surface area (Å²) in [6, 6.07) is 8.92. The summed E-state index contributed by atoms with van der Waals surface area (Å²) in [7, 11) is 0. The molecule has 4 heteroatoms. The van der Waals surface area contributed by atoms with E-state index >= 15 is 0 Å². The SMILES string of the molecule is Cc1ccc(-n2ncc(CNC3CC3)n2)cc1. The Balaban J connectivity index is 1.72. The predicted octanol–water partition coefficient (Wildman–Crippen LogP) is 1.83. The first-order valence-corrected chi connectivity index (χ1v) is 6.03. The van der Waals surface area contributed by atoms with E-state index < -0.39 is 0 Å². The minimum absolute atomic E-state index is 0.708. The van der Waals surface area contributed by atoms with E-state index in [0.717, 1.165) is 17.9 Å². The molecule has 2 aromatic rings. The predicted molar refractivity (Wildman–Crippen MR) is 66.0 cm³/mol. The lowest BCUT2D eigenvalue weighted by Crippen LogP contribution is -2.15. The van der Waals surface area contributed by atoms with Gasteiger partial charge in [-0.3, -0.25) is 0 Å². The van der Waals surface area contributed by atoms with Crippen molar-refractivity contribution in [1.82, 2.24) is 20.3 Å². The second-order valence-electron chi connectivity index (χ2n) is 4.62. The van der Waals surface area contributed by atoms with E-state index in [0.29, 0.717) is 6.04 Å². The molecule has 1 heterocycles. The first kappa shape index (κ1) is 10.5. The van der Waals surface area contributed by atoms with Crippen molar-refractivity contribution in [2.75, 3.05) is 0 Å². The Morgan fingerprint density at radius 2 is 2.06 bits per heavy atom. The molecular formula is C13H16N4. The van der Waals surface area contributed by atoms with Crippen molar-refractivity contribution in [2.24, 2.45) is 0 Å². The smallest absolute Gasteiger partial charge is 0.0969 e. The van der Waals surface area contributed by atoms with Crippen molar-refractivity contribution >= 4 is 0 Å². The first-order valence-electron chi connectivity index (χ1n) is 6.03. The minimum atomic E-state index is 0.708. The zero-order valence-corrected chi connectivity index (χ0v) is 9.93. The van der Waals surface area contributed by atoms with Crippen LogP contribution >= 0.6 is 0 Å². The highest BCUT2D eigenvalue weighted by atomic mass is 15.5. The molecule has 0 radical (unpaired) electrons. The van der Waals surface area contributed by atoms with E-state index in [9.17, 15) is 0 Å². The van der Waals surface area contributed by atoms with Crippen LogP contribution in [0.25, 0.3) is 5.69 Å². The second kappa shape index (κ2) is 4.30. The van der Waals surface area contributed by atoms with Gasteiger partial charge in [-0.25, -0.2) is 0 Å². The number of aryl methyl sites for hydroxylation is 1. The van der Waals surface area contributed by atoms with Gasteiger partial charge in [-0.05, 0) is 31.9 Å². The first-order chi connectivity index (χ1) is 8.31. The molecule has 0 atom stereocenters. The summed E-state index contributed by atoms with van der Waals surface area (Å²) in [5.74, 6) is 0. The van der Waals surface area contributed by atoms with Crippen molar-refractivity contribution < 1.29 is 0 Å². The lowest BCUT2D eigenvalue weighted by atomic mass is 10.2. The molecule has 0 spiro atoms. The molecule has 0 aliphatic heterocycles. The number of hydrogen-bond donors (Lipinski definition) is 1. The van der Waals surface area contributed by atoms with Crippen LogP contribution in [0.4, 0.5) is 0 Å². The van der Waals surface area contributed by atoms with Gasteiger partial charge < -0.3 is 5.32 Å². The van der Waals surface area contributed by atoms with Crippen molar-refractivity contribution in [3.05, 3.63) is 41.7 Å². The highest BCUT2D eigenvalue weighted by Crippen LogP contribution is 2.19. The van der Waals surface area contributed by atoms with Crippen molar-refractivity contribution in [1.29, 1.82) is 0 Å². The van der Waals surface area contributed by atoms with Crippen LogP contribution < -0.4 is 5.32 Å². The summed E-state index contributed by atoms with van der Waals surface area (Å²) in [6.45, 7) is 2.89. The fraction of sp³-hybridized carbons (Fsp3) is 0.385. The summed E-state index contributed by atoms with van der Waals surface area (Å²) < 4.78 is 0. The number of aromatic nitrogens is 3. The van der Waals surface area contributed by atoms with Crippen LogP contribution in [0.1, 0.15) is 24.1 Å². The van der Waals surface area contributed by atoms with Crippen LogP contribution in [0.5, 0.6) is 0 Å². The third kappa shape index (κ3) is 2.53. The Hall–Kier alpha value is -1.68. The zero-order valence-electron chi connectivity index (χ0n) is 9.93. The van der Waals surface area contributed by atoms with Gasteiger partial charge in [0.05, 0.1) is 17.6 Å². The quantitative estimate of drug-likeness (QED) is 0.868. The molecule has 3 rings (SSSR count). The topological polar surface area (TPSA) is 42.7 Å². The molecule has 0 amide bonds. The summed E-state index contributed by atoms with van der Waals surface area (Å²) in [4.78, 5) is 1.68. The van der Waals surface area contributed by atoms with Crippen LogP contribution in [-0.4, -0.2) is 21.0 Å². The monoisotopic (exact) mass is 228 g/mol. The lowest BCUT2D eigenvalue weighted by Gasteiger charge is -2.00. The maximum Gasteiger partial charge on any atom is 0.0969 e. The summed E-state index contributed by atoms with van der Waals surface area (Å²) in [5, 5.41) is 12.2. The van der Waals surface area contributed by atoms with Crippen LogP contribution in [-0.2, 0) is 6.54 Å². The number of hydrogen-bond acceptors (Lipinski definition) is 3. The fourth-order valence-corrected chi connectivity index (χ4v) is 1.71. The molecule has 1 fully saturated rings. The minimum Gasteiger partial charge on any atom is -0.308 e. The standard InChI is InChI=1S/C13H16N4/c1-10-2-6-13(7-3-10)17-15-9-12(16-17)8-14-11-4-5-11/h2-3,6-7,9,11,14H,4-5,8H2,1H3. The third-order valence-corrected chi connectivity index (χ3v) is 2.95. The second-order valence-corrected chi connectivity index (χ2v) is 4.62. The highest BCUT2D eigenvalue weighted by Gasteiger charge is 2.20. The fourth-order valence-electron chi connectivity index (χ4n) is 1.71. The third-order valence-electron chi connectivity index (χ3n) is 2.95. The van der Waals surface area contributed by atoms with Crippen LogP contribution in [0.3, 0.4) is 0 Å². The molecule has 1 aromatic carbocycles. The van der Waals surface area contributed by atoms with Gasteiger partial charge in [0.25, 0.3) is 0 Å². The van der Waals surface area contributed by atoms with Crippen molar-refractivity contribution in [2.45, 2.75) is 32.4 Å². The van der Waals surface area contributed by atoms with E-state index in [1.54, 1.807) is 4.80 Å². The molecule has 1 aromatic heterocycles. The van der Waals surface area contributed by atoms with E-state index in [1.165, 1.54) is 18.4 Å². The molecule has 0 saturated heterocycles. The van der Waals surface area contributed by atoms with E-state index in [-0.39, 0.29) is 0 Å². The maximum absolute atomic E-state index is 4.45. The van der Waals surface area contributed by atoms with E-state index in [1.807, 2.05) is 18.3 Å². The Labute approximate surface area is 101 Å². The van der Waals surface area contributed by atoms with Crippen molar-refractivity contribution in [3.8, 4) is 5.69 Å². The normalized spacial score (nSPS) is 15.1. The summed E-state index contributed by atoms with van der Waals surface area (Å²) in [6.07, 6.45) is 4.42. The Morgan fingerprint density at radius 1 is 1.29 bits per heavy atom. The van der Waals surface area contributed by atoms with Gasteiger partial charge in [0, 0.05) is 12.6 Å². The summed E-state index contributed by atoms with van der Waals surface area (Å²) in [5.41, 5.74) is 3.25. The van der Waals surface area contributed by atoms with E-state index in [2.05, 4.69) is 34.6 Å². The van der Waals surface area contributed by atoms with Gasteiger partial charge in [-0.1, -0.05) is 17.7 Å². The van der Waals surface area contributed by atoms with Crippen LogP contribution in [0.2, 0.25) is 0 Å². The van der Waals surface area contributed by atoms with Gasteiger partial charge in [-0.2, -0.15) is 15.0 Å². The summed E-state index contributed by atoms with van der Waals surface area (Å²) >= 11 is 0. The van der Waals surface area contributed by atoms with Gasteiger partial charge in [-0.15, -0.1) is 0 Å². The number of nitrogens with zero attached hydrogens (tertiary/aromatic N) is 3.